The molecule has 0 unspecified atom stereocenters. The minimum Gasteiger partial charge on any atom is -0.453 e. The molecule has 3 aromatic heterocycles. The molecule has 15 heteroatoms. The Morgan fingerprint density at radius 3 is 2.48 bits per heavy atom. The molecule has 0 saturated heterocycles. The Morgan fingerprint density at radius 1 is 1.04 bits per heavy atom. The SMILES string of the molecule is COC(=O)Nc1cnc(-c2ccccc2)n(CC(=O)N[C@H](C(=O)c2nnc(C(C)(C)c3nc4cc(Cl)ccc4o3)o2)C(C)C)c1=O. The zero-order chi connectivity index (χ0) is 33.2. The lowest BCUT2D eigenvalue weighted by atomic mass is 9.93. The third-order valence-electron chi connectivity index (χ3n) is 7.12. The first-order valence-corrected chi connectivity index (χ1v) is 14.5. The number of hydrogen-bond donors (Lipinski definition) is 2. The molecular formula is C31H30ClN7O7. The Balaban J connectivity index is 1.39. The molecular weight excluding hydrogens is 618 g/mol. The molecule has 46 heavy (non-hydrogen) atoms. The molecule has 5 rings (SSSR count). The molecule has 1 atom stereocenters. The van der Waals surface area contributed by atoms with Crippen molar-refractivity contribution in [2.45, 2.75) is 45.7 Å². The number of nitrogens with one attached hydrogen (secondary N) is 2. The molecule has 2 aromatic carbocycles. The summed E-state index contributed by atoms with van der Waals surface area (Å²) in [6.07, 6.45) is 0.302. The zero-order valence-electron chi connectivity index (χ0n) is 25.5. The predicted molar refractivity (Wildman–Crippen MR) is 167 cm³/mol. The van der Waals surface area contributed by atoms with Crippen LogP contribution < -0.4 is 16.2 Å². The van der Waals surface area contributed by atoms with Crippen LogP contribution in [0.4, 0.5) is 10.5 Å². The summed E-state index contributed by atoms with van der Waals surface area (Å²) in [6.45, 7) is 6.45. The van der Waals surface area contributed by atoms with Crippen molar-refractivity contribution in [1.29, 1.82) is 0 Å². The largest absolute Gasteiger partial charge is 0.453 e. The van der Waals surface area contributed by atoms with Crippen molar-refractivity contribution in [3.8, 4) is 11.4 Å². The second kappa shape index (κ2) is 12.9. The quantitative estimate of drug-likeness (QED) is 0.202. The fourth-order valence-corrected chi connectivity index (χ4v) is 4.73. The second-order valence-electron chi connectivity index (χ2n) is 11.2. The number of hydrogen-bond acceptors (Lipinski definition) is 11. The molecule has 0 aliphatic carbocycles. The number of ketones is 1. The number of methoxy groups -OCH3 is 1. The van der Waals surface area contributed by atoms with Crippen LogP contribution >= 0.6 is 11.6 Å². The van der Waals surface area contributed by atoms with E-state index < -0.39 is 47.3 Å². The first-order chi connectivity index (χ1) is 21.9. The monoisotopic (exact) mass is 647 g/mol. The van der Waals surface area contributed by atoms with Gasteiger partial charge in [-0.25, -0.2) is 14.8 Å². The Bertz CT molecular complexity index is 1980. The van der Waals surface area contributed by atoms with E-state index >= 15 is 0 Å². The molecule has 0 bridgehead atoms. The first kappa shape index (κ1) is 32.0. The molecule has 0 fully saturated rings. The maximum absolute atomic E-state index is 13.6. The van der Waals surface area contributed by atoms with E-state index in [0.29, 0.717) is 21.7 Å². The van der Waals surface area contributed by atoms with Crippen LogP contribution in [-0.2, 0) is 21.5 Å². The van der Waals surface area contributed by atoms with Crippen molar-refractivity contribution in [2.75, 3.05) is 12.4 Å². The smallest absolute Gasteiger partial charge is 0.411 e. The van der Waals surface area contributed by atoms with Crippen LogP contribution in [0, 0.1) is 5.92 Å². The highest BCUT2D eigenvalue weighted by Gasteiger charge is 2.37. The highest BCUT2D eigenvalue weighted by molar-refractivity contribution is 6.31. The Morgan fingerprint density at radius 2 is 1.78 bits per heavy atom. The number of amides is 2. The minimum atomic E-state index is -1.09. The van der Waals surface area contributed by atoms with Gasteiger partial charge in [0.2, 0.25) is 23.5 Å². The number of nitrogens with zero attached hydrogens (tertiary/aromatic N) is 5. The van der Waals surface area contributed by atoms with Gasteiger partial charge in [-0.05, 0) is 38.0 Å². The Labute approximate surface area is 267 Å². The molecule has 3 heterocycles. The van der Waals surface area contributed by atoms with Gasteiger partial charge in [0.1, 0.15) is 29.0 Å². The van der Waals surface area contributed by atoms with E-state index in [1.54, 1.807) is 76.2 Å². The van der Waals surface area contributed by atoms with Gasteiger partial charge in [0, 0.05) is 10.6 Å². The van der Waals surface area contributed by atoms with Gasteiger partial charge in [-0.2, -0.15) is 0 Å². The third kappa shape index (κ3) is 6.52. The lowest BCUT2D eigenvalue weighted by molar-refractivity contribution is -0.122. The first-order valence-electron chi connectivity index (χ1n) is 14.1. The molecule has 0 aliphatic rings. The van der Waals surface area contributed by atoms with Crippen molar-refractivity contribution < 1.29 is 28.0 Å². The van der Waals surface area contributed by atoms with Crippen molar-refractivity contribution in [2.24, 2.45) is 5.92 Å². The van der Waals surface area contributed by atoms with Gasteiger partial charge in [-0.3, -0.25) is 24.3 Å². The molecule has 0 radical (unpaired) electrons. The standard InChI is InChI=1S/C31H30ClN7O7/c1-16(2)23(24(41)26-37-38-29(46-26)31(3,4)28-34-19-13-18(32)11-12-21(19)45-28)36-22(40)15-39-25(17-9-7-6-8-10-17)33-14-20(27(39)42)35-30(43)44-5/h6-14,16,23H,15H2,1-5H3,(H,35,43)(H,36,40)/t23-/m0/s1. The fourth-order valence-electron chi connectivity index (χ4n) is 4.57. The summed E-state index contributed by atoms with van der Waals surface area (Å²) in [5, 5.41) is 13.5. The summed E-state index contributed by atoms with van der Waals surface area (Å²) >= 11 is 6.08. The van der Waals surface area contributed by atoms with Crippen LogP contribution in [0.25, 0.3) is 22.5 Å². The Hall–Kier alpha value is -5.37. The van der Waals surface area contributed by atoms with Crippen LogP contribution in [0.2, 0.25) is 5.02 Å². The molecule has 5 aromatic rings. The molecule has 238 valence electrons. The lowest BCUT2D eigenvalue weighted by Crippen LogP contribution is -2.46. The van der Waals surface area contributed by atoms with Gasteiger partial charge >= 0.3 is 6.09 Å². The summed E-state index contributed by atoms with van der Waals surface area (Å²) in [4.78, 5) is 60.9. The number of rotatable bonds is 10. The minimum absolute atomic E-state index is 0.0717. The molecule has 2 amide bonds. The number of carbonyl (C=O) groups excluding carboxylic acids is 3. The normalized spacial score (nSPS) is 12.2. The number of oxazole rings is 1. The van der Waals surface area contributed by atoms with Gasteiger partial charge in [-0.15, -0.1) is 10.2 Å². The van der Waals surface area contributed by atoms with Gasteiger partial charge in [0.25, 0.3) is 11.4 Å². The number of benzene rings is 2. The summed E-state index contributed by atoms with van der Waals surface area (Å²) in [6, 6.07) is 12.7. The van der Waals surface area contributed by atoms with Crippen LogP contribution in [-0.4, -0.2) is 55.7 Å². The number of ether oxygens (including phenoxy) is 1. The van der Waals surface area contributed by atoms with Crippen LogP contribution in [0.5, 0.6) is 0 Å². The van der Waals surface area contributed by atoms with Crippen molar-refractivity contribution >= 4 is 46.2 Å². The number of fused-ring (bicyclic) bond motifs is 1. The van der Waals surface area contributed by atoms with Crippen LogP contribution in [0.1, 0.15) is 50.2 Å². The Kier molecular flexibility index (Phi) is 9.00. The van der Waals surface area contributed by atoms with Gasteiger partial charge in [-0.1, -0.05) is 55.8 Å². The predicted octanol–water partition coefficient (Wildman–Crippen LogP) is 4.62. The number of aromatic nitrogens is 5. The number of anilines is 1. The average molecular weight is 648 g/mol. The second-order valence-corrected chi connectivity index (χ2v) is 11.6. The summed E-state index contributed by atoms with van der Waals surface area (Å²) in [5.74, 6) is -1.51. The maximum atomic E-state index is 13.6. The topological polar surface area (TPSA) is 184 Å². The third-order valence-corrected chi connectivity index (χ3v) is 7.36. The van der Waals surface area contributed by atoms with E-state index in [-0.39, 0.29) is 29.2 Å². The molecule has 2 N–H and O–H groups in total. The maximum Gasteiger partial charge on any atom is 0.411 e. The molecule has 0 aliphatic heterocycles. The van der Waals surface area contributed by atoms with Crippen LogP contribution in [0.3, 0.4) is 0 Å². The molecule has 14 nitrogen and oxygen atoms in total. The van der Waals surface area contributed by atoms with E-state index in [1.165, 1.54) is 6.20 Å². The zero-order valence-corrected chi connectivity index (χ0v) is 26.3. The van der Waals surface area contributed by atoms with E-state index in [9.17, 15) is 19.2 Å². The van der Waals surface area contributed by atoms with Crippen molar-refractivity contribution in [1.82, 2.24) is 30.0 Å². The van der Waals surface area contributed by atoms with E-state index in [2.05, 4.69) is 35.5 Å². The number of Topliss-reactive ketones (excluding diaryl/α,β-unsaturated/α-hetero) is 1. The van der Waals surface area contributed by atoms with Crippen LogP contribution in [0.15, 0.2) is 68.4 Å². The lowest BCUT2D eigenvalue weighted by Gasteiger charge is -2.21. The van der Waals surface area contributed by atoms with Gasteiger partial charge in [0.15, 0.2) is 5.58 Å². The van der Waals surface area contributed by atoms with E-state index in [4.69, 9.17) is 20.4 Å². The number of carbonyl (C=O) groups is 3. The van der Waals surface area contributed by atoms with Gasteiger partial charge < -0.3 is 18.9 Å². The van der Waals surface area contributed by atoms with Crippen molar-refractivity contribution in [3.63, 3.8) is 0 Å². The van der Waals surface area contributed by atoms with Crippen molar-refractivity contribution in [3.05, 3.63) is 87.8 Å². The average Bonchev–Trinajstić information content (AvgIpc) is 3.70. The van der Waals surface area contributed by atoms with Gasteiger partial charge in [0.05, 0.1) is 19.3 Å². The molecule has 0 saturated carbocycles. The van der Waals surface area contributed by atoms with E-state index in [0.717, 1.165) is 11.7 Å². The highest BCUT2D eigenvalue weighted by Crippen LogP contribution is 2.33. The molecule has 0 spiro atoms. The summed E-state index contributed by atoms with van der Waals surface area (Å²) in [7, 11) is 1.15. The van der Waals surface area contributed by atoms with E-state index in [1.807, 2.05) is 0 Å². The summed E-state index contributed by atoms with van der Waals surface area (Å²) < 4.78 is 17.4. The fraction of sp³-hybridized carbons (Fsp3) is 0.290. The number of halogens is 1. The summed E-state index contributed by atoms with van der Waals surface area (Å²) in [5.41, 5.74) is -0.297. The highest BCUT2D eigenvalue weighted by atomic mass is 35.5.